The number of amides is 1. The van der Waals surface area contributed by atoms with Crippen LogP contribution in [0, 0.1) is 5.41 Å². The second-order valence-corrected chi connectivity index (χ2v) is 8.77. The van der Waals surface area contributed by atoms with Crippen LogP contribution in [0.5, 0.6) is 0 Å². The molecule has 1 N–H and O–H groups in total. The molecule has 0 radical (unpaired) electrons. The van der Waals surface area contributed by atoms with Gasteiger partial charge in [-0.15, -0.1) is 0 Å². The van der Waals surface area contributed by atoms with Crippen LogP contribution in [0.4, 0.5) is 10.5 Å². The largest absolute Gasteiger partial charge is 0.444 e. The Kier molecular flexibility index (Phi) is 4.99. The van der Waals surface area contributed by atoms with E-state index in [1.54, 1.807) is 0 Å². The van der Waals surface area contributed by atoms with Crippen LogP contribution in [0.1, 0.15) is 58.9 Å². The first-order chi connectivity index (χ1) is 11.8. The molecule has 1 amide bonds. The van der Waals surface area contributed by atoms with E-state index >= 15 is 0 Å². The minimum absolute atomic E-state index is 0.160. The van der Waals surface area contributed by atoms with Gasteiger partial charge in [0.1, 0.15) is 5.60 Å². The lowest BCUT2D eigenvalue weighted by molar-refractivity contribution is -0.00859. The van der Waals surface area contributed by atoms with Gasteiger partial charge < -0.3 is 15.0 Å². The Morgan fingerprint density at radius 3 is 2.32 bits per heavy atom. The van der Waals surface area contributed by atoms with Crippen molar-refractivity contribution >= 4 is 11.8 Å². The fraction of sp³-hybridized carbons (Fsp3) is 0.667. The molecule has 1 spiro atoms. The fourth-order valence-corrected chi connectivity index (χ4v) is 4.06. The van der Waals surface area contributed by atoms with Gasteiger partial charge in [-0.3, -0.25) is 0 Å². The van der Waals surface area contributed by atoms with E-state index in [9.17, 15) is 4.79 Å². The summed E-state index contributed by atoms with van der Waals surface area (Å²) < 4.78 is 5.49. The fourth-order valence-electron chi connectivity index (χ4n) is 4.06. The summed E-state index contributed by atoms with van der Waals surface area (Å²) in [7, 11) is 0. The third-order valence-electron chi connectivity index (χ3n) is 5.57. The van der Waals surface area contributed by atoms with E-state index in [1.807, 2.05) is 25.7 Å². The molecular weight excluding hydrogens is 312 g/mol. The SMILES string of the molecule is CCc1ccc(NC2CC3(CCN(C(=O)OC(C)(C)C)CC3)C2)cc1. The molecule has 1 aromatic carbocycles. The number of benzene rings is 1. The summed E-state index contributed by atoms with van der Waals surface area (Å²) in [4.78, 5) is 14.1. The number of ether oxygens (including phenoxy) is 1. The van der Waals surface area contributed by atoms with Crippen LogP contribution >= 0.6 is 0 Å². The van der Waals surface area contributed by atoms with Gasteiger partial charge in [-0.1, -0.05) is 19.1 Å². The topological polar surface area (TPSA) is 41.6 Å². The molecule has 1 heterocycles. The van der Waals surface area contributed by atoms with Gasteiger partial charge in [-0.2, -0.15) is 0 Å². The molecule has 1 aliphatic heterocycles. The van der Waals surface area contributed by atoms with E-state index in [-0.39, 0.29) is 6.09 Å². The van der Waals surface area contributed by atoms with Crippen molar-refractivity contribution in [2.45, 2.75) is 71.4 Å². The van der Waals surface area contributed by atoms with Gasteiger partial charge in [0, 0.05) is 24.8 Å². The standard InChI is InChI=1S/C21H32N2O2/c1-5-16-6-8-17(9-7-16)22-18-14-21(15-18)10-12-23(13-11-21)19(24)25-20(2,3)4/h6-9,18,22H,5,10-15H2,1-4H3. The summed E-state index contributed by atoms with van der Waals surface area (Å²) in [6, 6.07) is 9.36. The summed E-state index contributed by atoms with van der Waals surface area (Å²) in [5.74, 6) is 0. The summed E-state index contributed by atoms with van der Waals surface area (Å²) in [6.07, 6.45) is 5.54. The molecule has 0 aromatic heterocycles. The Balaban J connectivity index is 1.44. The van der Waals surface area contributed by atoms with Gasteiger partial charge in [0.2, 0.25) is 0 Å². The van der Waals surface area contributed by atoms with Gasteiger partial charge in [-0.05, 0) is 76.0 Å². The maximum atomic E-state index is 12.2. The first kappa shape index (κ1) is 18.1. The Labute approximate surface area is 151 Å². The Hall–Kier alpha value is -1.71. The summed E-state index contributed by atoms with van der Waals surface area (Å²) >= 11 is 0. The van der Waals surface area contributed by atoms with Gasteiger partial charge in [0.15, 0.2) is 0 Å². The van der Waals surface area contributed by atoms with Crippen molar-refractivity contribution in [1.82, 2.24) is 4.90 Å². The number of nitrogens with zero attached hydrogens (tertiary/aromatic N) is 1. The summed E-state index contributed by atoms with van der Waals surface area (Å²) in [6.45, 7) is 9.60. The number of hydrogen-bond donors (Lipinski definition) is 1. The predicted octanol–water partition coefficient (Wildman–Crippen LogP) is 4.84. The van der Waals surface area contributed by atoms with Crippen LogP contribution in [0.2, 0.25) is 0 Å². The van der Waals surface area contributed by atoms with E-state index in [0.29, 0.717) is 11.5 Å². The van der Waals surface area contributed by atoms with Gasteiger partial charge >= 0.3 is 6.09 Å². The lowest BCUT2D eigenvalue weighted by atomic mass is 9.60. The Morgan fingerprint density at radius 1 is 1.20 bits per heavy atom. The molecule has 1 aliphatic carbocycles. The van der Waals surface area contributed by atoms with Crippen LogP contribution in [0.25, 0.3) is 0 Å². The lowest BCUT2D eigenvalue weighted by Gasteiger charge is -2.52. The molecule has 2 aliphatic rings. The van der Waals surface area contributed by atoms with Crippen LogP contribution in [0.15, 0.2) is 24.3 Å². The number of aryl methyl sites for hydroxylation is 1. The van der Waals surface area contributed by atoms with Crippen molar-refractivity contribution in [3.63, 3.8) is 0 Å². The molecule has 0 bridgehead atoms. The average molecular weight is 344 g/mol. The van der Waals surface area contributed by atoms with Gasteiger partial charge in [0.05, 0.1) is 0 Å². The number of likely N-dealkylation sites (tertiary alicyclic amines) is 1. The number of carbonyl (C=O) groups excluding carboxylic acids is 1. The van der Waals surface area contributed by atoms with Crippen molar-refractivity contribution in [1.29, 1.82) is 0 Å². The molecule has 3 rings (SSSR count). The van der Waals surface area contributed by atoms with Crippen molar-refractivity contribution in [3.05, 3.63) is 29.8 Å². The quantitative estimate of drug-likeness (QED) is 0.853. The summed E-state index contributed by atoms with van der Waals surface area (Å²) in [5, 5.41) is 3.66. The second kappa shape index (κ2) is 6.89. The molecule has 1 aromatic rings. The molecule has 0 unspecified atom stereocenters. The maximum Gasteiger partial charge on any atom is 0.410 e. The molecule has 0 atom stereocenters. The van der Waals surface area contributed by atoms with Crippen LogP contribution in [0.3, 0.4) is 0 Å². The van der Waals surface area contributed by atoms with Gasteiger partial charge in [0.25, 0.3) is 0 Å². The monoisotopic (exact) mass is 344 g/mol. The first-order valence-corrected chi connectivity index (χ1v) is 9.62. The Morgan fingerprint density at radius 2 is 1.80 bits per heavy atom. The number of hydrogen-bond acceptors (Lipinski definition) is 3. The average Bonchev–Trinajstić information content (AvgIpc) is 2.53. The summed E-state index contributed by atoms with van der Waals surface area (Å²) in [5.41, 5.74) is 2.62. The number of anilines is 1. The third kappa shape index (κ3) is 4.47. The highest BCUT2D eigenvalue weighted by Crippen LogP contribution is 2.50. The zero-order valence-corrected chi connectivity index (χ0v) is 16.1. The maximum absolute atomic E-state index is 12.2. The normalized spacial score (nSPS) is 20.2. The first-order valence-electron chi connectivity index (χ1n) is 9.62. The molecule has 2 fully saturated rings. The minimum Gasteiger partial charge on any atom is -0.444 e. The van der Waals surface area contributed by atoms with Crippen LogP contribution < -0.4 is 5.32 Å². The molecule has 4 heteroatoms. The smallest absolute Gasteiger partial charge is 0.410 e. The second-order valence-electron chi connectivity index (χ2n) is 8.77. The number of piperidine rings is 1. The molecule has 138 valence electrons. The zero-order chi connectivity index (χ0) is 18.1. The van der Waals surface area contributed by atoms with E-state index in [2.05, 4.69) is 36.5 Å². The van der Waals surface area contributed by atoms with Crippen LogP contribution in [-0.2, 0) is 11.2 Å². The van der Waals surface area contributed by atoms with Gasteiger partial charge in [-0.25, -0.2) is 4.79 Å². The molecule has 25 heavy (non-hydrogen) atoms. The van der Waals surface area contributed by atoms with E-state index < -0.39 is 5.60 Å². The van der Waals surface area contributed by atoms with E-state index in [1.165, 1.54) is 24.1 Å². The molecule has 1 saturated heterocycles. The van der Waals surface area contributed by atoms with Crippen molar-refractivity contribution in [2.75, 3.05) is 18.4 Å². The zero-order valence-electron chi connectivity index (χ0n) is 16.1. The van der Waals surface area contributed by atoms with Crippen molar-refractivity contribution in [3.8, 4) is 0 Å². The predicted molar refractivity (Wildman–Crippen MR) is 102 cm³/mol. The van der Waals surface area contributed by atoms with Crippen LogP contribution in [-0.4, -0.2) is 35.7 Å². The van der Waals surface area contributed by atoms with Crippen molar-refractivity contribution in [2.24, 2.45) is 5.41 Å². The Bertz CT molecular complexity index is 587. The van der Waals surface area contributed by atoms with E-state index in [4.69, 9.17) is 4.74 Å². The van der Waals surface area contributed by atoms with E-state index in [0.717, 1.165) is 32.4 Å². The lowest BCUT2D eigenvalue weighted by Crippen LogP contribution is -2.53. The third-order valence-corrected chi connectivity index (χ3v) is 5.57. The number of rotatable bonds is 3. The molecular formula is C21H32N2O2. The minimum atomic E-state index is -0.412. The number of nitrogens with one attached hydrogen (secondary N) is 1. The molecule has 1 saturated carbocycles. The highest BCUT2D eigenvalue weighted by Gasteiger charge is 2.46. The molecule has 4 nitrogen and oxygen atoms in total. The highest BCUT2D eigenvalue weighted by atomic mass is 16.6. The number of carbonyl (C=O) groups is 1. The van der Waals surface area contributed by atoms with Crippen molar-refractivity contribution < 1.29 is 9.53 Å². The highest BCUT2D eigenvalue weighted by molar-refractivity contribution is 5.68.